The Morgan fingerprint density at radius 2 is 2.00 bits per heavy atom. The van der Waals surface area contributed by atoms with E-state index in [0.717, 1.165) is 26.1 Å². The Morgan fingerprint density at radius 1 is 1.38 bits per heavy atom. The van der Waals surface area contributed by atoms with Gasteiger partial charge in [0.15, 0.2) is 0 Å². The standard InChI is InChI=1S/C9H18O3S/c1-3-11-6-4-5-7-12-9(10)8(2)13/h8,13H,3-7H2,1-2H3. The van der Waals surface area contributed by atoms with Crippen molar-refractivity contribution in [1.82, 2.24) is 0 Å². The summed E-state index contributed by atoms with van der Waals surface area (Å²) in [7, 11) is 0. The van der Waals surface area contributed by atoms with Crippen LogP contribution in [0.2, 0.25) is 0 Å². The Kier molecular flexibility index (Phi) is 8.24. The van der Waals surface area contributed by atoms with Gasteiger partial charge in [0, 0.05) is 13.2 Å². The van der Waals surface area contributed by atoms with E-state index >= 15 is 0 Å². The van der Waals surface area contributed by atoms with E-state index < -0.39 is 0 Å². The summed E-state index contributed by atoms with van der Waals surface area (Å²) in [5, 5.41) is -0.327. The van der Waals surface area contributed by atoms with Crippen LogP contribution in [-0.2, 0) is 14.3 Å². The van der Waals surface area contributed by atoms with Gasteiger partial charge in [0.1, 0.15) is 0 Å². The molecular weight excluding hydrogens is 188 g/mol. The second kappa shape index (κ2) is 8.38. The van der Waals surface area contributed by atoms with E-state index in [9.17, 15) is 4.79 Å². The van der Waals surface area contributed by atoms with Gasteiger partial charge in [0.25, 0.3) is 0 Å². The van der Waals surface area contributed by atoms with Crippen molar-refractivity contribution in [2.75, 3.05) is 19.8 Å². The van der Waals surface area contributed by atoms with Crippen LogP contribution in [-0.4, -0.2) is 31.0 Å². The summed E-state index contributed by atoms with van der Waals surface area (Å²) in [6, 6.07) is 0. The Balaban J connectivity index is 3.12. The fourth-order valence-corrected chi connectivity index (χ4v) is 0.818. The molecule has 0 aliphatic rings. The van der Waals surface area contributed by atoms with E-state index in [2.05, 4.69) is 12.6 Å². The van der Waals surface area contributed by atoms with Gasteiger partial charge in [-0.25, -0.2) is 0 Å². The molecule has 1 atom stereocenters. The first kappa shape index (κ1) is 12.8. The molecule has 3 nitrogen and oxygen atoms in total. The highest BCUT2D eigenvalue weighted by atomic mass is 32.1. The zero-order valence-electron chi connectivity index (χ0n) is 8.28. The van der Waals surface area contributed by atoms with Crippen LogP contribution < -0.4 is 0 Å². The zero-order valence-corrected chi connectivity index (χ0v) is 9.18. The molecule has 0 aromatic heterocycles. The van der Waals surface area contributed by atoms with Gasteiger partial charge < -0.3 is 9.47 Å². The molecule has 0 aliphatic heterocycles. The average molecular weight is 206 g/mol. The lowest BCUT2D eigenvalue weighted by molar-refractivity contribution is -0.142. The van der Waals surface area contributed by atoms with E-state index in [1.807, 2.05) is 6.92 Å². The third kappa shape index (κ3) is 8.12. The highest BCUT2D eigenvalue weighted by Gasteiger charge is 2.07. The summed E-state index contributed by atoms with van der Waals surface area (Å²) >= 11 is 3.95. The van der Waals surface area contributed by atoms with E-state index in [1.165, 1.54) is 0 Å². The van der Waals surface area contributed by atoms with Gasteiger partial charge in [-0.3, -0.25) is 4.79 Å². The number of carbonyl (C=O) groups is 1. The molecular formula is C9H18O3S. The Labute approximate surface area is 85.2 Å². The number of carbonyl (C=O) groups excluding carboxylic acids is 1. The number of hydrogen-bond acceptors (Lipinski definition) is 4. The monoisotopic (exact) mass is 206 g/mol. The largest absolute Gasteiger partial charge is 0.465 e. The summed E-state index contributed by atoms with van der Waals surface area (Å²) in [6.45, 7) is 5.61. The van der Waals surface area contributed by atoms with Crippen molar-refractivity contribution in [3.63, 3.8) is 0 Å². The molecule has 0 N–H and O–H groups in total. The van der Waals surface area contributed by atoms with E-state index in [4.69, 9.17) is 9.47 Å². The molecule has 13 heavy (non-hydrogen) atoms. The molecule has 0 aliphatic carbocycles. The van der Waals surface area contributed by atoms with Gasteiger partial charge in [-0.05, 0) is 26.7 Å². The Morgan fingerprint density at radius 3 is 2.54 bits per heavy atom. The molecule has 0 spiro atoms. The van der Waals surface area contributed by atoms with Gasteiger partial charge in [0.05, 0.1) is 11.9 Å². The molecule has 78 valence electrons. The molecule has 4 heteroatoms. The quantitative estimate of drug-likeness (QED) is 0.391. The molecule has 0 aromatic carbocycles. The molecule has 0 radical (unpaired) electrons. The average Bonchev–Trinajstić information content (AvgIpc) is 2.10. The number of esters is 1. The Hall–Kier alpha value is -0.220. The minimum atomic E-state index is -0.327. The van der Waals surface area contributed by atoms with E-state index in [-0.39, 0.29) is 11.2 Å². The van der Waals surface area contributed by atoms with Crippen LogP contribution >= 0.6 is 12.6 Å². The van der Waals surface area contributed by atoms with Crippen LogP contribution in [0.5, 0.6) is 0 Å². The third-order valence-corrected chi connectivity index (χ3v) is 1.68. The molecule has 0 heterocycles. The molecule has 0 aromatic rings. The first-order valence-electron chi connectivity index (χ1n) is 4.61. The van der Waals surface area contributed by atoms with Crippen molar-refractivity contribution in [2.45, 2.75) is 31.9 Å². The fraction of sp³-hybridized carbons (Fsp3) is 0.889. The predicted molar refractivity (Wildman–Crippen MR) is 55.1 cm³/mol. The van der Waals surface area contributed by atoms with Gasteiger partial charge in [0.2, 0.25) is 0 Å². The number of thiol groups is 1. The van der Waals surface area contributed by atoms with E-state index in [0.29, 0.717) is 6.61 Å². The highest BCUT2D eigenvalue weighted by molar-refractivity contribution is 7.81. The number of unbranched alkanes of at least 4 members (excludes halogenated alkanes) is 1. The van der Waals surface area contributed by atoms with Crippen LogP contribution in [0.3, 0.4) is 0 Å². The number of ether oxygens (including phenoxy) is 2. The van der Waals surface area contributed by atoms with Crippen molar-refractivity contribution in [1.29, 1.82) is 0 Å². The van der Waals surface area contributed by atoms with Gasteiger partial charge in [-0.15, -0.1) is 0 Å². The fourth-order valence-electron chi connectivity index (χ4n) is 0.744. The third-order valence-electron chi connectivity index (χ3n) is 1.47. The topological polar surface area (TPSA) is 35.5 Å². The van der Waals surface area contributed by atoms with Crippen molar-refractivity contribution in [3.05, 3.63) is 0 Å². The van der Waals surface area contributed by atoms with Gasteiger partial charge in [-0.2, -0.15) is 12.6 Å². The summed E-state index contributed by atoms with van der Waals surface area (Å²) in [6.07, 6.45) is 1.79. The molecule has 0 rings (SSSR count). The minimum Gasteiger partial charge on any atom is -0.465 e. The lowest BCUT2D eigenvalue weighted by Gasteiger charge is -2.06. The van der Waals surface area contributed by atoms with Crippen LogP contribution in [0.4, 0.5) is 0 Å². The first-order valence-corrected chi connectivity index (χ1v) is 5.12. The molecule has 0 bridgehead atoms. The number of rotatable bonds is 7. The SMILES string of the molecule is CCOCCCCOC(=O)C(C)S. The normalized spacial score (nSPS) is 12.5. The molecule has 0 saturated heterocycles. The molecule has 0 amide bonds. The maximum Gasteiger partial charge on any atom is 0.318 e. The van der Waals surface area contributed by atoms with Gasteiger partial charge >= 0.3 is 5.97 Å². The van der Waals surface area contributed by atoms with Crippen molar-refractivity contribution in [3.8, 4) is 0 Å². The zero-order chi connectivity index (χ0) is 10.1. The maximum absolute atomic E-state index is 10.9. The second-order valence-corrected chi connectivity index (χ2v) is 3.52. The van der Waals surface area contributed by atoms with E-state index in [1.54, 1.807) is 6.92 Å². The highest BCUT2D eigenvalue weighted by Crippen LogP contribution is 1.98. The molecule has 0 saturated carbocycles. The summed E-state index contributed by atoms with van der Waals surface area (Å²) < 4.78 is 10.0. The summed E-state index contributed by atoms with van der Waals surface area (Å²) in [5.74, 6) is -0.250. The summed E-state index contributed by atoms with van der Waals surface area (Å²) in [5.41, 5.74) is 0. The van der Waals surface area contributed by atoms with Crippen molar-refractivity contribution >= 4 is 18.6 Å². The lowest BCUT2D eigenvalue weighted by atomic mass is 10.3. The van der Waals surface area contributed by atoms with Crippen LogP contribution in [0.15, 0.2) is 0 Å². The molecule has 0 fully saturated rings. The van der Waals surface area contributed by atoms with Crippen molar-refractivity contribution < 1.29 is 14.3 Å². The smallest absolute Gasteiger partial charge is 0.318 e. The number of hydrogen-bond donors (Lipinski definition) is 1. The van der Waals surface area contributed by atoms with Gasteiger partial charge in [-0.1, -0.05) is 0 Å². The van der Waals surface area contributed by atoms with Crippen molar-refractivity contribution in [2.24, 2.45) is 0 Å². The Bertz CT molecular complexity index is 137. The maximum atomic E-state index is 10.9. The predicted octanol–water partition coefficient (Wildman–Crippen LogP) is 1.66. The van der Waals surface area contributed by atoms with Crippen LogP contribution in [0.25, 0.3) is 0 Å². The first-order chi connectivity index (χ1) is 6.18. The molecule has 1 unspecified atom stereocenters. The van der Waals surface area contributed by atoms with Crippen LogP contribution in [0, 0.1) is 0 Å². The second-order valence-electron chi connectivity index (χ2n) is 2.75. The minimum absolute atomic E-state index is 0.250. The summed E-state index contributed by atoms with van der Waals surface area (Å²) in [4.78, 5) is 10.9. The van der Waals surface area contributed by atoms with Crippen LogP contribution in [0.1, 0.15) is 26.7 Å². The lowest BCUT2D eigenvalue weighted by Crippen LogP contribution is -2.15.